The second-order valence-electron chi connectivity index (χ2n) is 8.96. The zero-order chi connectivity index (χ0) is 17.1. The summed E-state index contributed by atoms with van der Waals surface area (Å²) in [5, 5.41) is -0.435. The third-order valence-corrected chi connectivity index (χ3v) is 8.22. The summed E-state index contributed by atoms with van der Waals surface area (Å²) >= 11 is 3.84. The zero-order valence-electron chi connectivity index (χ0n) is 14.7. The van der Waals surface area contributed by atoms with Crippen LogP contribution in [0.15, 0.2) is 11.6 Å². The van der Waals surface area contributed by atoms with Crippen molar-refractivity contribution in [2.24, 2.45) is 28.6 Å². The Morgan fingerprint density at radius 3 is 2.67 bits per heavy atom. The number of allylic oxidation sites excluding steroid dienone is 1. The first-order valence-electron chi connectivity index (χ1n) is 9.48. The fourth-order valence-electron chi connectivity index (χ4n) is 6.83. The van der Waals surface area contributed by atoms with Crippen molar-refractivity contribution in [3.63, 3.8) is 0 Å². The summed E-state index contributed by atoms with van der Waals surface area (Å²) < 4.78 is 5.58. The van der Waals surface area contributed by atoms with Gasteiger partial charge in [-0.05, 0) is 74.2 Å². The molecule has 24 heavy (non-hydrogen) atoms. The lowest BCUT2D eigenvalue weighted by atomic mass is 9.47. The molecule has 3 nitrogen and oxygen atoms in total. The summed E-state index contributed by atoms with van der Waals surface area (Å²) in [6.07, 6.45) is 10.5. The maximum Gasteiger partial charge on any atom is 0.364 e. The standard InChI is InChI=1S/C20H28O3S/c1-19-9-7-13(21)11-12(19)3-4-14-15-5-6-17(23-18(22)24)20(15,2)10-8-16(14)19/h11,14-17H,3-10H2,1-2H3,(H,22,24)/t14-,15?,16?,17-,19-,20-/m0/s1. The lowest BCUT2D eigenvalue weighted by Crippen LogP contribution is -2.51. The summed E-state index contributed by atoms with van der Waals surface area (Å²) in [5.74, 6) is 2.37. The number of thiol groups is 1. The van der Waals surface area contributed by atoms with Gasteiger partial charge in [-0.25, -0.2) is 4.79 Å². The predicted molar refractivity (Wildman–Crippen MR) is 96.0 cm³/mol. The van der Waals surface area contributed by atoms with Crippen LogP contribution >= 0.6 is 12.6 Å². The number of carbonyl (C=O) groups is 2. The van der Waals surface area contributed by atoms with Gasteiger partial charge in [0.25, 0.3) is 0 Å². The van der Waals surface area contributed by atoms with Gasteiger partial charge >= 0.3 is 5.30 Å². The number of rotatable bonds is 1. The summed E-state index contributed by atoms with van der Waals surface area (Å²) in [4.78, 5) is 23.2. The van der Waals surface area contributed by atoms with Gasteiger partial charge < -0.3 is 4.74 Å². The van der Waals surface area contributed by atoms with E-state index in [4.69, 9.17) is 4.74 Å². The van der Waals surface area contributed by atoms with Crippen molar-refractivity contribution in [3.8, 4) is 0 Å². The molecule has 0 spiro atoms. The molecule has 3 saturated carbocycles. The van der Waals surface area contributed by atoms with E-state index < -0.39 is 5.30 Å². The highest BCUT2D eigenvalue weighted by atomic mass is 32.1. The molecule has 6 atom stereocenters. The molecule has 0 bridgehead atoms. The maximum absolute atomic E-state index is 11.9. The quantitative estimate of drug-likeness (QED) is 0.538. The molecule has 0 aromatic heterocycles. The summed E-state index contributed by atoms with van der Waals surface area (Å²) in [7, 11) is 0. The summed E-state index contributed by atoms with van der Waals surface area (Å²) in [6, 6.07) is 0. The first kappa shape index (κ1) is 16.7. The molecule has 4 rings (SSSR count). The van der Waals surface area contributed by atoms with Crippen LogP contribution in [0, 0.1) is 28.6 Å². The smallest absolute Gasteiger partial charge is 0.364 e. The largest absolute Gasteiger partial charge is 0.454 e. The first-order valence-corrected chi connectivity index (χ1v) is 9.93. The van der Waals surface area contributed by atoms with E-state index in [-0.39, 0.29) is 16.9 Å². The van der Waals surface area contributed by atoms with Gasteiger partial charge in [-0.2, -0.15) is 0 Å². The molecule has 0 radical (unpaired) electrons. The van der Waals surface area contributed by atoms with Crippen molar-refractivity contribution >= 4 is 23.7 Å². The Morgan fingerprint density at radius 2 is 1.92 bits per heavy atom. The van der Waals surface area contributed by atoms with Crippen molar-refractivity contribution in [1.82, 2.24) is 0 Å². The fourth-order valence-corrected chi connectivity index (χ4v) is 6.95. The van der Waals surface area contributed by atoms with Crippen molar-refractivity contribution < 1.29 is 14.3 Å². The van der Waals surface area contributed by atoms with Crippen LogP contribution in [-0.4, -0.2) is 17.2 Å². The highest BCUT2D eigenvalue weighted by Gasteiger charge is 2.59. The maximum atomic E-state index is 11.9. The second kappa shape index (κ2) is 5.62. The van der Waals surface area contributed by atoms with Crippen LogP contribution < -0.4 is 0 Å². The van der Waals surface area contributed by atoms with Crippen molar-refractivity contribution in [3.05, 3.63) is 11.6 Å². The van der Waals surface area contributed by atoms with Crippen molar-refractivity contribution in [2.75, 3.05) is 0 Å². The molecule has 132 valence electrons. The normalized spacial score (nSPS) is 47.3. The van der Waals surface area contributed by atoms with Crippen molar-refractivity contribution in [1.29, 1.82) is 0 Å². The van der Waals surface area contributed by atoms with Crippen LogP contribution in [0.4, 0.5) is 4.79 Å². The van der Waals surface area contributed by atoms with Gasteiger partial charge in [-0.1, -0.05) is 32.0 Å². The minimum absolute atomic E-state index is 0.0335. The van der Waals surface area contributed by atoms with E-state index in [0.717, 1.165) is 32.1 Å². The Balaban J connectivity index is 1.62. The van der Waals surface area contributed by atoms with E-state index in [0.29, 0.717) is 30.0 Å². The molecular weight excluding hydrogens is 320 g/mol. The van der Waals surface area contributed by atoms with Gasteiger partial charge in [0.05, 0.1) is 0 Å². The average molecular weight is 349 g/mol. The van der Waals surface area contributed by atoms with Gasteiger partial charge in [0.15, 0.2) is 5.78 Å². The number of hydrogen-bond acceptors (Lipinski definition) is 3. The molecule has 0 N–H and O–H groups in total. The van der Waals surface area contributed by atoms with Gasteiger partial charge in [-0.15, -0.1) is 0 Å². The minimum atomic E-state index is -0.435. The van der Waals surface area contributed by atoms with Gasteiger partial charge in [0, 0.05) is 11.8 Å². The molecule has 0 aromatic carbocycles. The van der Waals surface area contributed by atoms with E-state index in [1.165, 1.54) is 18.4 Å². The fraction of sp³-hybridized carbons (Fsp3) is 0.800. The topological polar surface area (TPSA) is 43.4 Å². The Hall–Kier alpha value is -0.770. The molecule has 3 fully saturated rings. The van der Waals surface area contributed by atoms with Gasteiger partial charge in [0.2, 0.25) is 0 Å². The third-order valence-electron chi connectivity index (χ3n) is 8.12. The number of hydrogen-bond donors (Lipinski definition) is 1. The van der Waals surface area contributed by atoms with E-state index in [1.807, 2.05) is 6.08 Å². The molecule has 0 saturated heterocycles. The highest BCUT2D eigenvalue weighted by Crippen LogP contribution is 2.65. The SMILES string of the molecule is C[C@]12CCC(=O)C=C1CC[C@@H]1C2CC[C@@]2(C)C1CC[C@@H]2OC(=O)S. The summed E-state index contributed by atoms with van der Waals surface area (Å²) in [5.41, 5.74) is 1.75. The van der Waals surface area contributed by atoms with Crippen LogP contribution in [-0.2, 0) is 9.53 Å². The molecule has 2 unspecified atom stereocenters. The second-order valence-corrected chi connectivity index (χ2v) is 9.33. The average Bonchev–Trinajstić information content (AvgIpc) is 2.84. The molecule has 0 heterocycles. The minimum Gasteiger partial charge on any atom is -0.454 e. The molecule has 0 aliphatic heterocycles. The molecule has 0 amide bonds. The van der Waals surface area contributed by atoms with Crippen LogP contribution in [0.3, 0.4) is 0 Å². The molecule has 4 heteroatoms. The zero-order valence-corrected chi connectivity index (χ0v) is 15.6. The Kier molecular flexibility index (Phi) is 3.91. The number of ether oxygens (including phenoxy) is 1. The molecular formula is C20H28O3S. The summed E-state index contributed by atoms with van der Waals surface area (Å²) in [6.45, 7) is 4.74. The van der Waals surface area contributed by atoms with Crippen LogP contribution in [0.2, 0.25) is 0 Å². The number of carbonyl (C=O) groups excluding carboxylic acids is 2. The first-order chi connectivity index (χ1) is 11.3. The van der Waals surface area contributed by atoms with E-state index in [2.05, 4.69) is 26.5 Å². The van der Waals surface area contributed by atoms with Crippen LogP contribution in [0.5, 0.6) is 0 Å². The van der Waals surface area contributed by atoms with Gasteiger partial charge in [0.1, 0.15) is 6.10 Å². The lowest BCUT2D eigenvalue weighted by molar-refractivity contribution is -0.117. The van der Waals surface area contributed by atoms with Crippen molar-refractivity contribution in [2.45, 2.75) is 71.3 Å². The Bertz CT molecular complexity index is 612. The van der Waals surface area contributed by atoms with E-state index in [1.54, 1.807) is 0 Å². The Morgan fingerprint density at radius 1 is 1.12 bits per heavy atom. The molecule has 0 aromatic rings. The molecule has 4 aliphatic carbocycles. The number of fused-ring (bicyclic) bond motifs is 5. The monoisotopic (exact) mass is 348 g/mol. The molecule has 4 aliphatic rings. The van der Waals surface area contributed by atoms with Crippen LogP contribution in [0.1, 0.15) is 65.2 Å². The predicted octanol–water partition coefficient (Wildman–Crippen LogP) is 4.95. The lowest BCUT2D eigenvalue weighted by Gasteiger charge is -2.57. The van der Waals surface area contributed by atoms with E-state index >= 15 is 0 Å². The van der Waals surface area contributed by atoms with Crippen LogP contribution in [0.25, 0.3) is 0 Å². The van der Waals surface area contributed by atoms with Gasteiger partial charge in [-0.3, -0.25) is 4.79 Å². The van der Waals surface area contributed by atoms with E-state index in [9.17, 15) is 9.59 Å². The highest BCUT2D eigenvalue weighted by molar-refractivity contribution is 7.96. The Labute approximate surface area is 150 Å². The third kappa shape index (κ3) is 2.32. The number of ketones is 1.